The van der Waals surface area contributed by atoms with Crippen molar-refractivity contribution in [3.05, 3.63) is 77.9 Å². The van der Waals surface area contributed by atoms with Crippen LogP contribution in [-0.4, -0.2) is 22.6 Å². The first-order chi connectivity index (χ1) is 12.8. The Kier molecular flexibility index (Phi) is 8.36. The van der Waals surface area contributed by atoms with Crippen LogP contribution in [0.2, 0.25) is 0 Å². The van der Waals surface area contributed by atoms with E-state index in [1.165, 1.54) is 5.56 Å². The molecule has 0 saturated heterocycles. The highest BCUT2D eigenvalue weighted by atomic mass is 35.6. The summed E-state index contributed by atoms with van der Waals surface area (Å²) in [5.74, 6) is 1.60. The van der Waals surface area contributed by atoms with Gasteiger partial charge in [-0.3, -0.25) is 4.79 Å². The third-order valence-electron chi connectivity index (χ3n) is 3.79. The number of thioether (sulfide) groups is 1. The first-order valence-corrected chi connectivity index (χ1v) is 10.4. The number of benzene rings is 2. The fraction of sp³-hybridized carbons (Fsp3) is 0.250. The fourth-order valence-corrected chi connectivity index (χ4v) is 3.51. The third kappa shape index (κ3) is 6.96. The largest absolute Gasteiger partial charge is 0.497 e. The summed E-state index contributed by atoms with van der Waals surface area (Å²) < 4.78 is 3.14. The Bertz CT molecular complexity index is 761. The molecular formula is C20H20Cl3NO2S. The Balaban J connectivity index is 2.01. The molecule has 3 nitrogen and oxygen atoms in total. The number of halogens is 3. The van der Waals surface area contributed by atoms with Crippen LogP contribution in [0.5, 0.6) is 5.75 Å². The fourth-order valence-electron chi connectivity index (χ4n) is 2.38. The number of hydrogen-bond acceptors (Lipinski definition) is 3. The van der Waals surface area contributed by atoms with Crippen LogP contribution in [0, 0.1) is 0 Å². The van der Waals surface area contributed by atoms with Gasteiger partial charge in [0.25, 0.3) is 9.70 Å². The van der Waals surface area contributed by atoms with E-state index in [4.69, 9.17) is 39.5 Å². The highest BCUT2D eigenvalue weighted by molar-refractivity contribution is 7.98. The van der Waals surface area contributed by atoms with Crippen molar-refractivity contribution in [2.75, 3.05) is 12.9 Å². The molecule has 0 aliphatic rings. The van der Waals surface area contributed by atoms with Gasteiger partial charge in [0.1, 0.15) is 5.75 Å². The molecule has 1 unspecified atom stereocenters. The summed E-state index contributed by atoms with van der Waals surface area (Å²) in [7, 11) is 1.64. The van der Waals surface area contributed by atoms with E-state index in [1.807, 2.05) is 54.6 Å². The predicted octanol–water partition coefficient (Wildman–Crippen LogP) is 5.71. The zero-order valence-corrected chi connectivity index (χ0v) is 17.8. The van der Waals surface area contributed by atoms with Crippen LogP contribution < -0.4 is 10.1 Å². The lowest BCUT2D eigenvalue weighted by molar-refractivity contribution is -0.120. The maximum absolute atomic E-state index is 12.1. The molecule has 0 bridgehead atoms. The van der Waals surface area contributed by atoms with Gasteiger partial charge < -0.3 is 10.1 Å². The smallest absolute Gasteiger partial charge is 0.272 e. The van der Waals surface area contributed by atoms with E-state index < -0.39 is 15.7 Å². The Morgan fingerprint density at radius 3 is 2.33 bits per heavy atom. The number of rotatable bonds is 8. The Morgan fingerprint density at radius 2 is 1.78 bits per heavy atom. The van der Waals surface area contributed by atoms with Crippen molar-refractivity contribution in [3.8, 4) is 5.75 Å². The minimum absolute atomic E-state index is 0.433. The molecule has 0 spiro atoms. The molecule has 2 rings (SSSR count). The summed E-state index contributed by atoms with van der Waals surface area (Å²) in [4.78, 5) is 12.1. The summed E-state index contributed by atoms with van der Waals surface area (Å²) in [6, 6.07) is 17.0. The number of carbonyl (C=O) groups is 1. The molecule has 0 aliphatic heterocycles. The van der Waals surface area contributed by atoms with Crippen molar-refractivity contribution in [1.82, 2.24) is 5.32 Å². The second kappa shape index (κ2) is 10.3. The van der Waals surface area contributed by atoms with Gasteiger partial charge in [0, 0.05) is 11.5 Å². The van der Waals surface area contributed by atoms with Crippen LogP contribution in [0.1, 0.15) is 17.2 Å². The summed E-state index contributed by atoms with van der Waals surface area (Å²) >= 11 is 18.8. The molecule has 1 atom stereocenters. The topological polar surface area (TPSA) is 38.3 Å². The van der Waals surface area contributed by atoms with Gasteiger partial charge in [-0.05, 0) is 28.8 Å². The third-order valence-corrected chi connectivity index (χ3v) is 5.42. The zero-order chi connectivity index (χ0) is 19.9. The second-order valence-corrected chi connectivity index (χ2v) is 9.08. The SMILES string of the molecule is C=C(CSCc1ccc(OC)cc1)C(NC(=O)C(Cl)(Cl)Cl)c1ccccc1. The number of carbonyl (C=O) groups excluding carboxylic acids is 1. The first-order valence-electron chi connectivity index (χ1n) is 8.12. The molecular weight excluding hydrogens is 425 g/mol. The number of amides is 1. The highest BCUT2D eigenvalue weighted by Crippen LogP contribution is 2.30. The van der Waals surface area contributed by atoms with E-state index in [-0.39, 0.29) is 0 Å². The van der Waals surface area contributed by atoms with Crippen molar-refractivity contribution in [3.63, 3.8) is 0 Å². The standard InChI is InChI=1S/C20H20Cl3NO2S/c1-14(12-27-13-15-8-10-17(26-2)11-9-15)18(16-6-4-3-5-7-16)24-19(25)20(21,22)23/h3-11,18H,1,12-13H2,2H3,(H,24,25). The summed E-state index contributed by atoms with van der Waals surface area (Å²) in [5.41, 5.74) is 2.88. The second-order valence-electron chi connectivity index (χ2n) is 5.81. The van der Waals surface area contributed by atoms with E-state index in [0.717, 1.165) is 22.6 Å². The zero-order valence-electron chi connectivity index (χ0n) is 14.8. The van der Waals surface area contributed by atoms with Crippen LogP contribution >= 0.6 is 46.6 Å². The Hall–Kier alpha value is -1.33. The van der Waals surface area contributed by atoms with Crippen LogP contribution in [-0.2, 0) is 10.5 Å². The summed E-state index contributed by atoms with van der Waals surface area (Å²) in [6.45, 7) is 4.14. The molecule has 1 amide bonds. The molecule has 0 heterocycles. The Labute approximate surface area is 179 Å². The van der Waals surface area contributed by atoms with E-state index in [2.05, 4.69) is 11.9 Å². The maximum Gasteiger partial charge on any atom is 0.272 e. The number of alkyl halides is 3. The van der Waals surface area contributed by atoms with Gasteiger partial charge in [-0.1, -0.05) is 83.8 Å². The van der Waals surface area contributed by atoms with Gasteiger partial charge >= 0.3 is 0 Å². The lowest BCUT2D eigenvalue weighted by Crippen LogP contribution is -2.38. The molecule has 0 radical (unpaired) electrons. The minimum atomic E-state index is -2.02. The molecule has 2 aromatic rings. The number of nitrogens with one attached hydrogen (secondary N) is 1. The number of ether oxygens (including phenoxy) is 1. The van der Waals surface area contributed by atoms with E-state index >= 15 is 0 Å². The van der Waals surface area contributed by atoms with Crippen molar-refractivity contribution < 1.29 is 9.53 Å². The average molecular weight is 445 g/mol. The van der Waals surface area contributed by atoms with Crippen molar-refractivity contribution in [2.24, 2.45) is 0 Å². The maximum atomic E-state index is 12.1. The average Bonchev–Trinajstić information content (AvgIpc) is 2.66. The predicted molar refractivity (Wildman–Crippen MR) is 116 cm³/mol. The molecule has 2 aromatic carbocycles. The van der Waals surface area contributed by atoms with Gasteiger partial charge in [-0.15, -0.1) is 0 Å². The first kappa shape index (κ1) is 22.0. The summed E-state index contributed by atoms with van der Waals surface area (Å²) in [6.07, 6.45) is 0. The van der Waals surface area contributed by atoms with Gasteiger partial charge in [0.2, 0.25) is 0 Å². The normalized spacial score (nSPS) is 12.3. The van der Waals surface area contributed by atoms with Crippen LogP contribution in [0.25, 0.3) is 0 Å². The van der Waals surface area contributed by atoms with Crippen molar-refractivity contribution in [2.45, 2.75) is 15.6 Å². The van der Waals surface area contributed by atoms with Crippen molar-refractivity contribution in [1.29, 1.82) is 0 Å². The number of hydrogen-bond donors (Lipinski definition) is 1. The summed E-state index contributed by atoms with van der Waals surface area (Å²) in [5, 5.41) is 2.77. The molecule has 0 aliphatic carbocycles. The monoisotopic (exact) mass is 443 g/mol. The van der Waals surface area contributed by atoms with Gasteiger partial charge in [0.15, 0.2) is 0 Å². The molecule has 0 aromatic heterocycles. The van der Waals surface area contributed by atoms with Gasteiger partial charge in [-0.25, -0.2) is 0 Å². The highest BCUT2D eigenvalue weighted by Gasteiger charge is 2.33. The van der Waals surface area contributed by atoms with Crippen molar-refractivity contribution >= 4 is 52.5 Å². The van der Waals surface area contributed by atoms with E-state index in [0.29, 0.717) is 5.75 Å². The lowest BCUT2D eigenvalue weighted by atomic mass is 10.0. The van der Waals surface area contributed by atoms with Crippen LogP contribution in [0.15, 0.2) is 66.7 Å². The molecule has 1 N–H and O–H groups in total. The molecule has 0 fully saturated rings. The molecule has 144 valence electrons. The van der Waals surface area contributed by atoms with E-state index in [9.17, 15) is 4.79 Å². The van der Waals surface area contributed by atoms with Crippen LogP contribution in [0.4, 0.5) is 0 Å². The molecule has 7 heteroatoms. The number of methoxy groups -OCH3 is 1. The van der Waals surface area contributed by atoms with Gasteiger partial charge in [-0.2, -0.15) is 11.8 Å². The van der Waals surface area contributed by atoms with Crippen LogP contribution in [0.3, 0.4) is 0 Å². The molecule has 0 saturated carbocycles. The quantitative estimate of drug-likeness (QED) is 0.418. The lowest BCUT2D eigenvalue weighted by Gasteiger charge is -2.23. The van der Waals surface area contributed by atoms with E-state index in [1.54, 1.807) is 18.9 Å². The van der Waals surface area contributed by atoms with Gasteiger partial charge in [0.05, 0.1) is 13.2 Å². The Morgan fingerprint density at radius 1 is 1.15 bits per heavy atom. The minimum Gasteiger partial charge on any atom is -0.497 e. The molecule has 27 heavy (non-hydrogen) atoms.